The van der Waals surface area contributed by atoms with Gasteiger partial charge in [0.1, 0.15) is 4.90 Å². The van der Waals surface area contributed by atoms with E-state index in [1.54, 1.807) is 31.2 Å². The second-order valence-electron chi connectivity index (χ2n) is 4.77. The fourth-order valence-corrected chi connectivity index (χ4v) is 3.94. The lowest BCUT2D eigenvalue weighted by Crippen LogP contribution is -2.27. The maximum Gasteiger partial charge on any atom is 0.270 e. The SMILES string of the molecule is C[C@@H](NS(=O)(=O)c1cc([N+](=O)[O-])ccc1Cl)c1ccc(Br)cc1. The molecule has 0 bridgehead atoms. The van der Waals surface area contributed by atoms with Gasteiger partial charge in [-0.3, -0.25) is 10.1 Å². The Morgan fingerprint density at radius 1 is 1.22 bits per heavy atom. The molecule has 0 aliphatic heterocycles. The van der Waals surface area contributed by atoms with Crippen LogP contribution < -0.4 is 4.72 Å². The molecule has 2 aromatic carbocycles. The van der Waals surface area contributed by atoms with Crippen LogP contribution >= 0.6 is 27.5 Å². The normalized spacial score (nSPS) is 12.8. The van der Waals surface area contributed by atoms with E-state index >= 15 is 0 Å². The minimum atomic E-state index is -4.00. The van der Waals surface area contributed by atoms with Crippen molar-refractivity contribution in [2.24, 2.45) is 0 Å². The fourth-order valence-electron chi connectivity index (χ4n) is 1.93. The van der Waals surface area contributed by atoms with Crippen LogP contribution in [0.15, 0.2) is 51.8 Å². The summed E-state index contributed by atoms with van der Waals surface area (Å²) in [4.78, 5) is 9.81. The Bertz CT molecular complexity index is 840. The van der Waals surface area contributed by atoms with Crippen molar-refractivity contribution < 1.29 is 13.3 Å². The molecule has 2 rings (SSSR count). The van der Waals surface area contributed by atoms with Gasteiger partial charge < -0.3 is 0 Å². The Morgan fingerprint density at radius 3 is 2.39 bits per heavy atom. The minimum absolute atomic E-state index is 0.0777. The van der Waals surface area contributed by atoms with Gasteiger partial charge in [-0.2, -0.15) is 0 Å². The van der Waals surface area contributed by atoms with E-state index in [1.807, 2.05) is 0 Å². The van der Waals surface area contributed by atoms with Crippen LogP contribution in [-0.4, -0.2) is 13.3 Å². The molecule has 1 atom stereocenters. The average molecular weight is 420 g/mol. The lowest BCUT2D eigenvalue weighted by Gasteiger charge is -2.15. The van der Waals surface area contributed by atoms with Gasteiger partial charge in [0.05, 0.1) is 9.95 Å². The van der Waals surface area contributed by atoms with Crippen LogP contribution in [0.25, 0.3) is 0 Å². The molecule has 9 heteroatoms. The molecule has 2 aromatic rings. The number of rotatable bonds is 5. The molecule has 0 fully saturated rings. The predicted molar refractivity (Wildman–Crippen MR) is 91.0 cm³/mol. The highest BCUT2D eigenvalue weighted by atomic mass is 79.9. The van der Waals surface area contributed by atoms with Gasteiger partial charge in [-0.05, 0) is 30.7 Å². The Hall–Kier alpha value is -1.48. The number of benzene rings is 2. The lowest BCUT2D eigenvalue weighted by atomic mass is 10.1. The first kappa shape index (κ1) is 17.9. The molecule has 0 saturated carbocycles. The number of nitro benzene ring substituents is 1. The van der Waals surface area contributed by atoms with Gasteiger partial charge in [-0.25, -0.2) is 13.1 Å². The van der Waals surface area contributed by atoms with Crippen molar-refractivity contribution in [1.82, 2.24) is 4.72 Å². The number of nitro groups is 1. The molecule has 0 unspecified atom stereocenters. The van der Waals surface area contributed by atoms with Crippen LogP contribution in [0.2, 0.25) is 5.02 Å². The second-order valence-corrected chi connectivity index (χ2v) is 7.77. The summed E-state index contributed by atoms with van der Waals surface area (Å²) in [6, 6.07) is 9.89. The van der Waals surface area contributed by atoms with Crippen molar-refractivity contribution >= 4 is 43.2 Å². The van der Waals surface area contributed by atoms with Gasteiger partial charge >= 0.3 is 0 Å². The molecule has 6 nitrogen and oxygen atoms in total. The molecule has 0 saturated heterocycles. The van der Waals surface area contributed by atoms with Gasteiger partial charge in [0.25, 0.3) is 5.69 Å². The van der Waals surface area contributed by atoms with E-state index in [1.165, 1.54) is 6.07 Å². The molecule has 122 valence electrons. The Morgan fingerprint density at radius 2 is 1.83 bits per heavy atom. The van der Waals surface area contributed by atoms with Crippen LogP contribution in [-0.2, 0) is 10.0 Å². The number of nitrogens with zero attached hydrogens (tertiary/aromatic N) is 1. The van der Waals surface area contributed by atoms with E-state index < -0.39 is 21.0 Å². The van der Waals surface area contributed by atoms with Gasteiger partial charge in [0, 0.05) is 22.6 Å². The summed E-state index contributed by atoms with van der Waals surface area (Å²) in [7, 11) is -4.00. The van der Waals surface area contributed by atoms with Crippen LogP contribution in [0.1, 0.15) is 18.5 Å². The van der Waals surface area contributed by atoms with E-state index in [9.17, 15) is 18.5 Å². The zero-order valence-electron chi connectivity index (χ0n) is 11.9. The predicted octanol–water partition coefficient (Wildman–Crippen LogP) is 4.05. The first-order valence-electron chi connectivity index (χ1n) is 6.42. The fraction of sp³-hybridized carbons (Fsp3) is 0.143. The molecule has 0 aliphatic rings. The molecule has 0 aliphatic carbocycles. The monoisotopic (exact) mass is 418 g/mol. The summed E-state index contributed by atoms with van der Waals surface area (Å²) in [6.07, 6.45) is 0. The van der Waals surface area contributed by atoms with Gasteiger partial charge in [-0.1, -0.05) is 39.7 Å². The first-order valence-corrected chi connectivity index (χ1v) is 9.08. The molecule has 0 amide bonds. The van der Waals surface area contributed by atoms with E-state index in [0.717, 1.165) is 22.2 Å². The molecule has 0 spiro atoms. The maximum absolute atomic E-state index is 12.5. The highest BCUT2D eigenvalue weighted by molar-refractivity contribution is 9.10. The van der Waals surface area contributed by atoms with Crippen molar-refractivity contribution in [2.45, 2.75) is 17.9 Å². The Balaban J connectivity index is 2.33. The first-order chi connectivity index (χ1) is 10.7. The third kappa shape index (κ3) is 4.29. The molecule has 23 heavy (non-hydrogen) atoms. The van der Waals surface area contributed by atoms with E-state index in [4.69, 9.17) is 11.6 Å². The molecule has 0 aromatic heterocycles. The lowest BCUT2D eigenvalue weighted by molar-refractivity contribution is -0.385. The smallest absolute Gasteiger partial charge is 0.258 e. The summed E-state index contributed by atoms with van der Waals surface area (Å²) in [5.74, 6) is 0. The average Bonchev–Trinajstić information content (AvgIpc) is 2.47. The van der Waals surface area contributed by atoms with E-state index in [-0.39, 0.29) is 15.6 Å². The summed E-state index contributed by atoms with van der Waals surface area (Å²) in [5, 5.41) is 10.7. The van der Waals surface area contributed by atoms with E-state index in [0.29, 0.717) is 0 Å². The number of halogens is 2. The number of sulfonamides is 1. The van der Waals surface area contributed by atoms with Crippen LogP contribution in [0, 0.1) is 10.1 Å². The van der Waals surface area contributed by atoms with Gasteiger partial charge in [0.15, 0.2) is 0 Å². The number of non-ortho nitro benzene ring substituents is 1. The molecular formula is C14H12BrClN2O4S. The number of nitrogens with one attached hydrogen (secondary N) is 1. The minimum Gasteiger partial charge on any atom is -0.258 e. The third-order valence-electron chi connectivity index (χ3n) is 3.12. The quantitative estimate of drug-likeness (QED) is 0.585. The van der Waals surface area contributed by atoms with E-state index in [2.05, 4.69) is 20.7 Å². The summed E-state index contributed by atoms with van der Waals surface area (Å²) in [6.45, 7) is 1.67. The molecule has 0 radical (unpaired) electrons. The zero-order chi connectivity index (χ0) is 17.2. The summed E-state index contributed by atoms with van der Waals surface area (Å²) >= 11 is 9.19. The highest BCUT2D eigenvalue weighted by Gasteiger charge is 2.23. The van der Waals surface area contributed by atoms with Crippen molar-refractivity contribution in [3.8, 4) is 0 Å². The number of hydrogen-bond acceptors (Lipinski definition) is 4. The molecule has 1 N–H and O–H groups in total. The van der Waals surface area contributed by atoms with Gasteiger partial charge in [-0.15, -0.1) is 0 Å². The van der Waals surface area contributed by atoms with Crippen molar-refractivity contribution in [2.75, 3.05) is 0 Å². The van der Waals surface area contributed by atoms with Crippen molar-refractivity contribution in [3.05, 3.63) is 67.6 Å². The molecule has 0 heterocycles. The highest BCUT2D eigenvalue weighted by Crippen LogP contribution is 2.27. The standard InChI is InChI=1S/C14H12BrClN2O4S/c1-9(10-2-4-11(15)5-3-10)17-23(21,22)14-8-12(18(19)20)6-7-13(14)16/h2-9,17H,1H3/t9-/m1/s1. The topological polar surface area (TPSA) is 89.3 Å². The largest absolute Gasteiger partial charge is 0.270 e. The van der Waals surface area contributed by atoms with Crippen LogP contribution in [0.4, 0.5) is 5.69 Å². The van der Waals surface area contributed by atoms with Crippen LogP contribution in [0.3, 0.4) is 0 Å². The van der Waals surface area contributed by atoms with Crippen LogP contribution in [0.5, 0.6) is 0 Å². The molecular weight excluding hydrogens is 408 g/mol. The van der Waals surface area contributed by atoms with Crippen molar-refractivity contribution in [3.63, 3.8) is 0 Å². The third-order valence-corrected chi connectivity index (χ3v) is 5.67. The second kappa shape index (κ2) is 6.96. The van der Waals surface area contributed by atoms with Crippen molar-refractivity contribution in [1.29, 1.82) is 0 Å². The Labute approximate surface area is 146 Å². The zero-order valence-corrected chi connectivity index (χ0v) is 15.0. The van der Waals surface area contributed by atoms with Gasteiger partial charge in [0.2, 0.25) is 10.0 Å². The Kier molecular flexibility index (Phi) is 5.41. The summed E-state index contributed by atoms with van der Waals surface area (Å²) in [5.41, 5.74) is 0.407. The summed E-state index contributed by atoms with van der Waals surface area (Å²) < 4.78 is 28.2. The maximum atomic E-state index is 12.5. The number of hydrogen-bond donors (Lipinski definition) is 1.